The van der Waals surface area contributed by atoms with Crippen LogP contribution in [0.5, 0.6) is 0 Å². The highest BCUT2D eigenvalue weighted by Crippen LogP contribution is 2.31. The molecule has 136 valence electrons. The van der Waals surface area contributed by atoms with Gasteiger partial charge in [-0.3, -0.25) is 9.59 Å². The number of hydrogen-bond acceptors (Lipinski definition) is 3. The van der Waals surface area contributed by atoms with Crippen molar-refractivity contribution in [1.82, 2.24) is 5.32 Å². The van der Waals surface area contributed by atoms with Gasteiger partial charge in [0.1, 0.15) is 0 Å². The van der Waals surface area contributed by atoms with Gasteiger partial charge in [-0.05, 0) is 43.7 Å². The number of nitrogens with zero attached hydrogens (tertiary/aromatic N) is 1. The van der Waals surface area contributed by atoms with Gasteiger partial charge in [-0.15, -0.1) is 0 Å². The third-order valence-electron chi connectivity index (χ3n) is 4.56. The first kappa shape index (κ1) is 18.4. The van der Waals surface area contributed by atoms with Crippen LogP contribution in [0.4, 0.5) is 11.4 Å². The Morgan fingerprint density at radius 2 is 1.96 bits per heavy atom. The van der Waals surface area contributed by atoms with Crippen molar-refractivity contribution >= 4 is 34.8 Å². The highest BCUT2D eigenvalue weighted by atomic mass is 35.5. The molecule has 0 saturated heterocycles. The van der Waals surface area contributed by atoms with Gasteiger partial charge in [-0.1, -0.05) is 35.9 Å². The number of halogens is 1. The maximum absolute atomic E-state index is 12.9. The number of benzene rings is 2. The van der Waals surface area contributed by atoms with E-state index < -0.39 is 0 Å². The highest BCUT2D eigenvalue weighted by Gasteiger charge is 2.29. The van der Waals surface area contributed by atoms with Crippen LogP contribution in [0.25, 0.3) is 0 Å². The van der Waals surface area contributed by atoms with Crippen LogP contribution in [0.2, 0.25) is 5.02 Å². The van der Waals surface area contributed by atoms with Gasteiger partial charge in [-0.25, -0.2) is 0 Å². The van der Waals surface area contributed by atoms with Gasteiger partial charge in [0, 0.05) is 23.5 Å². The lowest BCUT2D eigenvalue weighted by molar-refractivity contribution is -0.118. The molecule has 2 aromatic carbocycles. The van der Waals surface area contributed by atoms with Gasteiger partial charge in [0.25, 0.3) is 0 Å². The molecule has 3 rings (SSSR count). The fourth-order valence-corrected chi connectivity index (χ4v) is 3.29. The summed E-state index contributed by atoms with van der Waals surface area (Å²) in [6.07, 6.45) is 0.271. The van der Waals surface area contributed by atoms with E-state index in [-0.39, 0.29) is 36.9 Å². The van der Waals surface area contributed by atoms with Gasteiger partial charge >= 0.3 is 0 Å². The van der Waals surface area contributed by atoms with Crippen molar-refractivity contribution in [2.45, 2.75) is 32.4 Å². The smallest absolute Gasteiger partial charge is 0.241 e. The first-order chi connectivity index (χ1) is 12.5. The second-order valence-electron chi connectivity index (χ2n) is 6.54. The summed E-state index contributed by atoms with van der Waals surface area (Å²) in [5, 5.41) is 6.81. The lowest BCUT2D eigenvalue weighted by Crippen LogP contribution is -2.44. The predicted octanol–water partition coefficient (Wildman–Crippen LogP) is 3.75. The number of fused-ring (bicyclic) bond motifs is 1. The van der Waals surface area contributed by atoms with E-state index in [4.69, 9.17) is 11.6 Å². The largest absolute Gasteiger partial charge is 0.324 e. The van der Waals surface area contributed by atoms with Crippen molar-refractivity contribution in [3.8, 4) is 0 Å². The molecular weight excluding hydrogens is 350 g/mol. The zero-order chi connectivity index (χ0) is 18.7. The van der Waals surface area contributed by atoms with E-state index >= 15 is 0 Å². The summed E-state index contributed by atoms with van der Waals surface area (Å²) < 4.78 is 0. The second-order valence-corrected chi connectivity index (χ2v) is 6.97. The average Bonchev–Trinajstić information content (AvgIpc) is 2.74. The van der Waals surface area contributed by atoms with E-state index in [1.165, 1.54) is 0 Å². The van der Waals surface area contributed by atoms with Crippen molar-refractivity contribution in [2.75, 3.05) is 16.8 Å². The van der Waals surface area contributed by atoms with Crippen molar-refractivity contribution in [3.63, 3.8) is 0 Å². The second kappa shape index (κ2) is 7.89. The van der Waals surface area contributed by atoms with Crippen molar-refractivity contribution in [3.05, 3.63) is 59.1 Å². The Labute approximate surface area is 158 Å². The molecule has 0 bridgehead atoms. The lowest BCUT2D eigenvalue weighted by Gasteiger charge is -2.28. The van der Waals surface area contributed by atoms with Crippen LogP contribution >= 0.6 is 11.6 Å². The van der Waals surface area contributed by atoms with Crippen LogP contribution < -0.4 is 15.5 Å². The van der Waals surface area contributed by atoms with E-state index in [1.807, 2.05) is 62.4 Å². The molecule has 0 fully saturated rings. The van der Waals surface area contributed by atoms with Gasteiger partial charge < -0.3 is 15.5 Å². The van der Waals surface area contributed by atoms with E-state index in [0.717, 1.165) is 11.3 Å². The third kappa shape index (κ3) is 4.06. The summed E-state index contributed by atoms with van der Waals surface area (Å²) in [5.74, 6) is -0.148. The quantitative estimate of drug-likeness (QED) is 0.860. The Hall–Kier alpha value is -2.37. The number of para-hydroxylation sites is 2. The summed E-state index contributed by atoms with van der Waals surface area (Å²) in [5.41, 5.74) is 2.46. The summed E-state index contributed by atoms with van der Waals surface area (Å²) >= 11 is 5.92. The number of amides is 2. The fraction of sp³-hybridized carbons (Fsp3) is 0.300. The minimum Gasteiger partial charge on any atom is -0.324 e. The number of anilines is 2. The SMILES string of the molecule is C[C@@H]1CC(=O)Nc2ccccc2N1C(=O)CN[C@H](C)c1ccc(Cl)cc1. The van der Waals surface area contributed by atoms with Gasteiger partial charge in [-0.2, -0.15) is 0 Å². The minimum atomic E-state index is -0.209. The molecule has 0 radical (unpaired) electrons. The predicted molar refractivity (Wildman–Crippen MR) is 105 cm³/mol. The molecule has 0 aliphatic carbocycles. The molecule has 0 saturated carbocycles. The zero-order valence-corrected chi connectivity index (χ0v) is 15.6. The maximum atomic E-state index is 12.9. The van der Waals surface area contributed by atoms with E-state index in [2.05, 4.69) is 10.6 Å². The van der Waals surface area contributed by atoms with Crippen LogP contribution in [0.15, 0.2) is 48.5 Å². The molecule has 0 spiro atoms. The Morgan fingerprint density at radius 3 is 2.69 bits per heavy atom. The molecule has 2 amide bonds. The molecule has 6 heteroatoms. The third-order valence-corrected chi connectivity index (χ3v) is 4.81. The number of rotatable bonds is 4. The summed E-state index contributed by atoms with van der Waals surface area (Å²) in [6.45, 7) is 4.07. The van der Waals surface area contributed by atoms with Crippen molar-refractivity contribution < 1.29 is 9.59 Å². The molecular formula is C20H22ClN3O2. The van der Waals surface area contributed by atoms with E-state index in [9.17, 15) is 9.59 Å². The fourth-order valence-electron chi connectivity index (χ4n) is 3.16. The van der Waals surface area contributed by atoms with Crippen LogP contribution in [0.3, 0.4) is 0 Å². The van der Waals surface area contributed by atoms with Crippen molar-refractivity contribution in [1.29, 1.82) is 0 Å². The van der Waals surface area contributed by atoms with Crippen LogP contribution in [0, 0.1) is 0 Å². The minimum absolute atomic E-state index is 0.00787. The number of nitrogens with one attached hydrogen (secondary N) is 2. The summed E-state index contributed by atoms with van der Waals surface area (Å²) in [6, 6.07) is 14.7. The van der Waals surface area contributed by atoms with E-state index in [0.29, 0.717) is 10.7 Å². The molecule has 0 aromatic heterocycles. The molecule has 1 aliphatic heterocycles. The number of hydrogen-bond donors (Lipinski definition) is 2. The zero-order valence-electron chi connectivity index (χ0n) is 14.8. The molecule has 1 aliphatic rings. The first-order valence-electron chi connectivity index (χ1n) is 8.65. The van der Waals surface area contributed by atoms with Crippen molar-refractivity contribution in [2.24, 2.45) is 0 Å². The van der Waals surface area contributed by atoms with Gasteiger partial charge in [0.15, 0.2) is 0 Å². The standard InChI is InChI=1S/C20H22ClN3O2/c1-13-11-19(25)23-17-5-3-4-6-18(17)24(13)20(26)12-22-14(2)15-7-9-16(21)10-8-15/h3-10,13-14,22H,11-12H2,1-2H3,(H,23,25)/t13-,14-/m1/s1. The molecule has 26 heavy (non-hydrogen) atoms. The Balaban J connectivity index is 1.74. The maximum Gasteiger partial charge on any atom is 0.241 e. The number of carbonyl (C=O) groups is 2. The molecule has 2 atom stereocenters. The van der Waals surface area contributed by atoms with Crippen LogP contribution in [0.1, 0.15) is 31.9 Å². The molecule has 2 N–H and O–H groups in total. The van der Waals surface area contributed by atoms with Crippen LogP contribution in [-0.4, -0.2) is 24.4 Å². The first-order valence-corrected chi connectivity index (χ1v) is 9.03. The Kier molecular flexibility index (Phi) is 5.59. The van der Waals surface area contributed by atoms with Crippen LogP contribution in [-0.2, 0) is 9.59 Å². The molecule has 5 nitrogen and oxygen atoms in total. The lowest BCUT2D eigenvalue weighted by atomic mass is 10.1. The molecule has 0 unspecified atom stereocenters. The van der Waals surface area contributed by atoms with Gasteiger partial charge in [0.05, 0.1) is 17.9 Å². The monoisotopic (exact) mass is 371 g/mol. The van der Waals surface area contributed by atoms with E-state index in [1.54, 1.807) is 4.90 Å². The molecule has 2 aromatic rings. The topological polar surface area (TPSA) is 61.4 Å². The normalized spacial score (nSPS) is 17.9. The highest BCUT2D eigenvalue weighted by molar-refractivity contribution is 6.30. The Bertz CT molecular complexity index is 807. The molecule has 1 heterocycles. The summed E-state index contributed by atoms with van der Waals surface area (Å²) in [7, 11) is 0. The average molecular weight is 372 g/mol. The van der Waals surface area contributed by atoms with Gasteiger partial charge in [0.2, 0.25) is 11.8 Å². The summed E-state index contributed by atoms with van der Waals surface area (Å²) in [4.78, 5) is 26.7. The Morgan fingerprint density at radius 1 is 1.27 bits per heavy atom. The number of carbonyl (C=O) groups excluding carboxylic acids is 2.